The van der Waals surface area contributed by atoms with E-state index in [0.29, 0.717) is 36.1 Å². The van der Waals surface area contributed by atoms with Crippen LogP contribution in [0.2, 0.25) is 10.0 Å². The van der Waals surface area contributed by atoms with Crippen LogP contribution in [0, 0.1) is 6.92 Å². The number of nitrogens with zero attached hydrogens (tertiary/aromatic N) is 1. The molecule has 1 aromatic carbocycles. The molecule has 3 rings (SSSR count). The third-order valence-corrected chi connectivity index (χ3v) is 4.14. The number of carbonyl (C=O) groups excluding carboxylic acids is 1. The Morgan fingerprint density at radius 1 is 1.23 bits per heavy atom. The molecule has 0 saturated heterocycles. The van der Waals surface area contributed by atoms with Crippen molar-refractivity contribution >= 4 is 34.8 Å². The fourth-order valence-electron chi connectivity index (χ4n) is 2.07. The lowest BCUT2D eigenvalue weighted by atomic mass is 10.2. The number of anilines is 1. The highest BCUT2D eigenvalue weighted by molar-refractivity contribution is 6.44. The summed E-state index contributed by atoms with van der Waals surface area (Å²) in [6, 6.07) is 5.27. The molecule has 1 aliphatic rings. The van der Waals surface area contributed by atoms with Crippen molar-refractivity contribution in [3.63, 3.8) is 0 Å². The van der Waals surface area contributed by atoms with Gasteiger partial charge in [-0.15, -0.1) is 0 Å². The monoisotopic (exact) mass is 338 g/mol. The van der Waals surface area contributed by atoms with Crippen molar-refractivity contribution in [2.24, 2.45) is 0 Å². The van der Waals surface area contributed by atoms with E-state index in [4.69, 9.17) is 32.7 Å². The van der Waals surface area contributed by atoms with Crippen molar-refractivity contribution in [1.29, 1.82) is 0 Å². The number of pyridine rings is 1. The minimum atomic E-state index is -0.415. The molecule has 22 heavy (non-hydrogen) atoms. The van der Waals surface area contributed by atoms with Gasteiger partial charge in [-0.2, -0.15) is 0 Å². The predicted molar refractivity (Wildman–Crippen MR) is 84.4 cm³/mol. The first-order valence-electron chi connectivity index (χ1n) is 6.58. The Morgan fingerprint density at radius 3 is 2.82 bits per heavy atom. The topological polar surface area (TPSA) is 60.5 Å². The number of amides is 1. The lowest BCUT2D eigenvalue weighted by Crippen LogP contribution is -2.19. The molecule has 7 heteroatoms. The molecule has 0 spiro atoms. The van der Waals surface area contributed by atoms with Gasteiger partial charge in [-0.1, -0.05) is 29.3 Å². The Bertz CT molecular complexity index is 750. The summed E-state index contributed by atoms with van der Waals surface area (Å²) in [5.74, 6) is 0.682. The van der Waals surface area contributed by atoms with E-state index in [9.17, 15) is 4.79 Å². The second-order valence-electron chi connectivity index (χ2n) is 4.67. The zero-order valence-electron chi connectivity index (χ0n) is 11.7. The van der Waals surface area contributed by atoms with Gasteiger partial charge in [-0.3, -0.25) is 9.78 Å². The van der Waals surface area contributed by atoms with Crippen LogP contribution >= 0.6 is 23.2 Å². The van der Waals surface area contributed by atoms with Gasteiger partial charge < -0.3 is 14.8 Å². The maximum absolute atomic E-state index is 12.4. The van der Waals surface area contributed by atoms with Gasteiger partial charge >= 0.3 is 0 Å². The Balaban J connectivity index is 1.91. The van der Waals surface area contributed by atoms with Gasteiger partial charge in [0.25, 0.3) is 5.91 Å². The molecule has 5 nitrogen and oxygen atoms in total. The summed E-state index contributed by atoms with van der Waals surface area (Å²) < 4.78 is 11.0. The number of para-hydroxylation sites is 1. The second-order valence-corrected chi connectivity index (χ2v) is 5.43. The molecule has 0 fully saturated rings. The van der Waals surface area contributed by atoms with E-state index in [-0.39, 0.29) is 15.6 Å². The first-order chi connectivity index (χ1) is 10.6. The lowest BCUT2D eigenvalue weighted by Gasteiger charge is -2.21. The van der Waals surface area contributed by atoms with Crippen molar-refractivity contribution in [3.05, 3.63) is 45.7 Å². The Kier molecular flexibility index (Phi) is 4.09. The maximum Gasteiger partial charge on any atom is 0.258 e. The highest BCUT2D eigenvalue weighted by Crippen LogP contribution is 2.38. The molecular formula is C15H12Cl2N2O3. The van der Waals surface area contributed by atoms with Crippen LogP contribution in [0.3, 0.4) is 0 Å². The predicted octanol–water partition coefficient (Wildman–Crippen LogP) is 3.72. The van der Waals surface area contributed by atoms with Gasteiger partial charge in [0.05, 0.1) is 27.0 Å². The molecule has 0 bridgehead atoms. The molecule has 0 atom stereocenters. The van der Waals surface area contributed by atoms with E-state index in [2.05, 4.69) is 10.3 Å². The fraction of sp³-hybridized carbons (Fsp3) is 0.200. The van der Waals surface area contributed by atoms with Gasteiger partial charge in [-0.05, 0) is 19.1 Å². The number of aromatic nitrogens is 1. The minimum absolute atomic E-state index is 0.175. The summed E-state index contributed by atoms with van der Waals surface area (Å²) >= 11 is 12.1. The van der Waals surface area contributed by atoms with Crippen LogP contribution in [0.4, 0.5) is 5.69 Å². The zero-order valence-corrected chi connectivity index (χ0v) is 13.2. The normalized spacial score (nSPS) is 12.9. The molecule has 0 radical (unpaired) electrons. The third-order valence-electron chi connectivity index (χ3n) is 3.19. The van der Waals surface area contributed by atoms with E-state index in [1.807, 2.05) is 0 Å². The molecular weight excluding hydrogens is 327 g/mol. The maximum atomic E-state index is 12.4. The lowest BCUT2D eigenvalue weighted by molar-refractivity contribution is 0.102. The molecule has 1 aliphatic heterocycles. The average Bonchev–Trinajstić information content (AvgIpc) is 2.53. The van der Waals surface area contributed by atoms with Gasteiger partial charge in [0.2, 0.25) is 0 Å². The van der Waals surface area contributed by atoms with Crippen molar-refractivity contribution < 1.29 is 14.3 Å². The van der Waals surface area contributed by atoms with Gasteiger partial charge in [0.1, 0.15) is 13.2 Å². The zero-order chi connectivity index (χ0) is 15.7. The molecule has 114 valence electrons. The Morgan fingerprint density at radius 2 is 2.00 bits per heavy atom. The minimum Gasteiger partial charge on any atom is -0.486 e. The number of rotatable bonds is 2. The smallest absolute Gasteiger partial charge is 0.258 e. The number of halogens is 2. The molecule has 1 N–H and O–H groups in total. The fourth-order valence-corrected chi connectivity index (χ4v) is 2.49. The molecule has 1 amide bonds. The molecule has 2 heterocycles. The van der Waals surface area contributed by atoms with E-state index in [1.54, 1.807) is 25.1 Å². The number of hydrogen-bond acceptors (Lipinski definition) is 4. The molecule has 1 aromatic heterocycles. The van der Waals surface area contributed by atoms with Crippen molar-refractivity contribution in [2.75, 3.05) is 18.5 Å². The Labute approximate surface area is 137 Å². The van der Waals surface area contributed by atoms with Crippen LogP contribution in [0.1, 0.15) is 16.1 Å². The van der Waals surface area contributed by atoms with E-state index in [1.165, 1.54) is 6.20 Å². The second kappa shape index (κ2) is 6.02. The van der Waals surface area contributed by atoms with Crippen molar-refractivity contribution in [2.45, 2.75) is 6.92 Å². The van der Waals surface area contributed by atoms with Gasteiger partial charge in [0.15, 0.2) is 11.5 Å². The van der Waals surface area contributed by atoms with Gasteiger partial charge in [0, 0.05) is 6.20 Å². The van der Waals surface area contributed by atoms with E-state index >= 15 is 0 Å². The quantitative estimate of drug-likeness (QED) is 0.906. The van der Waals surface area contributed by atoms with Crippen LogP contribution in [-0.2, 0) is 0 Å². The largest absolute Gasteiger partial charge is 0.486 e. The van der Waals surface area contributed by atoms with Crippen LogP contribution in [0.25, 0.3) is 0 Å². The van der Waals surface area contributed by atoms with Crippen LogP contribution in [-0.4, -0.2) is 24.1 Å². The molecule has 0 unspecified atom stereocenters. The number of hydrogen-bond donors (Lipinski definition) is 1. The molecule has 0 saturated carbocycles. The molecule has 2 aromatic rings. The summed E-state index contributed by atoms with van der Waals surface area (Å²) in [4.78, 5) is 16.5. The van der Waals surface area contributed by atoms with Crippen LogP contribution < -0.4 is 14.8 Å². The number of fused-ring (bicyclic) bond motifs is 1. The highest BCUT2D eigenvalue weighted by Gasteiger charge is 2.20. The standard InChI is InChI=1S/C15H12Cl2N2O3/c1-8-12(16)13(17)9(7-18-8)15(20)19-10-3-2-4-11-14(10)22-6-5-21-11/h2-4,7H,5-6H2,1H3,(H,19,20). The van der Waals surface area contributed by atoms with E-state index in [0.717, 1.165) is 0 Å². The van der Waals surface area contributed by atoms with Crippen LogP contribution in [0.15, 0.2) is 24.4 Å². The van der Waals surface area contributed by atoms with Crippen molar-refractivity contribution in [1.82, 2.24) is 4.98 Å². The van der Waals surface area contributed by atoms with Crippen LogP contribution in [0.5, 0.6) is 11.5 Å². The first kappa shape index (κ1) is 14.9. The summed E-state index contributed by atoms with van der Waals surface area (Å²) in [5.41, 5.74) is 1.28. The summed E-state index contributed by atoms with van der Waals surface area (Å²) in [5, 5.41) is 3.19. The number of carbonyl (C=O) groups is 1. The summed E-state index contributed by atoms with van der Waals surface area (Å²) in [7, 11) is 0. The van der Waals surface area contributed by atoms with E-state index < -0.39 is 5.91 Å². The Hall–Kier alpha value is -1.98. The molecule has 0 aliphatic carbocycles. The third kappa shape index (κ3) is 2.69. The first-order valence-corrected chi connectivity index (χ1v) is 7.34. The number of aryl methyl sites for hydroxylation is 1. The van der Waals surface area contributed by atoms with Crippen molar-refractivity contribution in [3.8, 4) is 11.5 Å². The number of nitrogens with one attached hydrogen (secondary N) is 1. The average molecular weight is 339 g/mol. The number of benzene rings is 1. The summed E-state index contributed by atoms with van der Waals surface area (Å²) in [6.07, 6.45) is 1.39. The highest BCUT2D eigenvalue weighted by atomic mass is 35.5. The summed E-state index contributed by atoms with van der Waals surface area (Å²) in [6.45, 7) is 2.63. The van der Waals surface area contributed by atoms with Gasteiger partial charge in [-0.25, -0.2) is 0 Å². The number of ether oxygens (including phenoxy) is 2. The SMILES string of the molecule is Cc1ncc(C(=O)Nc2cccc3c2OCCO3)c(Cl)c1Cl.